The molecule has 2 aromatic carbocycles. The molecule has 34 heavy (non-hydrogen) atoms. The van der Waals surface area contributed by atoms with Crippen molar-refractivity contribution in [3.05, 3.63) is 59.7 Å². The zero-order valence-corrected chi connectivity index (χ0v) is 19.3. The minimum Gasteiger partial charge on any atom is -0.479 e. The number of aliphatic carboxylic acids is 1. The molecule has 182 valence electrons. The molecular weight excluding hydrogens is 440 g/mol. The van der Waals surface area contributed by atoms with Gasteiger partial charge < -0.3 is 30.0 Å². The van der Waals surface area contributed by atoms with Gasteiger partial charge in [-0.25, -0.2) is 9.59 Å². The maximum Gasteiger partial charge on any atom is 0.407 e. The van der Waals surface area contributed by atoms with Crippen LogP contribution in [0.5, 0.6) is 0 Å². The SMILES string of the molecule is COCCCC(NC(=O)OCC1c2ccccc2-c2ccccc21)C(=O)NCC(OC)C(=O)O. The quantitative estimate of drug-likeness (QED) is 0.407. The number of ether oxygens (including phenoxy) is 3. The van der Waals surface area contributed by atoms with E-state index in [4.69, 9.17) is 19.3 Å². The van der Waals surface area contributed by atoms with E-state index in [2.05, 4.69) is 22.8 Å². The smallest absolute Gasteiger partial charge is 0.407 e. The highest BCUT2D eigenvalue weighted by Gasteiger charge is 2.30. The third kappa shape index (κ3) is 6.12. The van der Waals surface area contributed by atoms with E-state index in [1.165, 1.54) is 7.11 Å². The van der Waals surface area contributed by atoms with Gasteiger partial charge in [0.2, 0.25) is 5.91 Å². The predicted molar refractivity (Wildman–Crippen MR) is 125 cm³/mol. The number of carboxylic acids is 1. The van der Waals surface area contributed by atoms with Gasteiger partial charge in [0, 0.05) is 26.7 Å². The number of carbonyl (C=O) groups is 3. The van der Waals surface area contributed by atoms with Gasteiger partial charge in [0.25, 0.3) is 0 Å². The van der Waals surface area contributed by atoms with Gasteiger partial charge in [0.15, 0.2) is 6.10 Å². The molecule has 3 rings (SSSR count). The second-order valence-electron chi connectivity index (χ2n) is 7.97. The molecule has 0 bridgehead atoms. The lowest BCUT2D eigenvalue weighted by molar-refractivity contribution is -0.148. The third-order valence-corrected chi connectivity index (χ3v) is 5.82. The van der Waals surface area contributed by atoms with Gasteiger partial charge in [-0.2, -0.15) is 0 Å². The Morgan fingerprint density at radius 1 is 1.00 bits per heavy atom. The molecule has 0 fully saturated rings. The van der Waals surface area contributed by atoms with E-state index in [9.17, 15) is 14.4 Å². The van der Waals surface area contributed by atoms with Gasteiger partial charge in [-0.15, -0.1) is 0 Å². The summed E-state index contributed by atoms with van der Waals surface area (Å²) in [6, 6.07) is 15.1. The van der Waals surface area contributed by atoms with Crippen LogP contribution >= 0.6 is 0 Å². The highest BCUT2D eigenvalue weighted by molar-refractivity contribution is 5.86. The van der Waals surface area contributed by atoms with Gasteiger partial charge >= 0.3 is 12.1 Å². The minimum absolute atomic E-state index is 0.100. The molecule has 9 nitrogen and oxygen atoms in total. The maximum absolute atomic E-state index is 12.6. The van der Waals surface area contributed by atoms with Crippen LogP contribution in [-0.2, 0) is 23.8 Å². The maximum atomic E-state index is 12.6. The number of alkyl carbamates (subject to hydrolysis) is 1. The molecule has 3 N–H and O–H groups in total. The van der Waals surface area contributed by atoms with Gasteiger partial charge in [-0.1, -0.05) is 48.5 Å². The zero-order valence-electron chi connectivity index (χ0n) is 19.3. The molecule has 0 saturated heterocycles. The first-order valence-electron chi connectivity index (χ1n) is 11.1. The molecule has 9 heteroatoms. The van der Waals surface area contributed by atoms with Crippen LogP contribution in [0.2, 0.25) is 0 Å². The fraction of sp³-hybridized carbons (Fsp3) is 0.400. The number of hydrogen-bond donors (Lipinski definition) is 3. The first-order valence-corrected chi connectivity index (χ1v) is 11.1. The summed E-state index contributed by atoms with van der Waals surface area (Å²) in [6.07, 6.45) is -1.08. The summed E-state index contributed by atoms with van der Waals surface area (Å²) in [5.41, 5.74) is 4.42. The molecule has 2 amide bonds. The van der Waals surface area contributed by atoms with Crippen LogP contribution in [0.3, 0.4) is 0 Å². The van der Waals surface area contributed by atoms with Gasteiger partial charge in [-0.3, -0.25) is 4.79 Å². The number of benzene rings is 2. The van der Waals surface area contributed by atoms with E-state index in [-0.39, 0.29) is 19.1 Å². The molecule has 0 saturated carbocycles. The predicted octanol–water partition coefficient (Wildman–Crippen LogP) is 2.54. The monoisotopic (exact) mass is 470 g/mol. The first-order chi connectivity index (χ1) is 16.5. The van der Waals surface area contributed by atoms with Crippen LogP contribution in [-0.4, -0.2) is 69.2 Å². The Bertz CT molecular complexity index is 965. The number of carbonyl (C=O) groups excluding carboxylic acids is 2. The Hall–Kier alpha value is -3.43. The van der Waals surface area contributed by atoms with E-state index >= 15 is 0 Å². The molecule has 1 aliphatic rings. The Balaban J connectivity index is 1.62. The summed E-state index contributed by atoms with van der Waals surface area (Å²) in [6.45, 7) is 0.306. The Morgan fingerprint density at radius 3 is 2.18 bits per heavy atom. The molecule has 0 aliphatic heterocycles. The van der Waals surface area contributed by atoms with Crippen molar-refractivity contribution in [3.8, 4) is 11.1 Å². The summed E-state index contributed by atoms with van der Waals surface area (Å²) in [4.78, 5) is 36.3. The van der Waals surface area contributed by atoms with E-state index in [0.717, 1.165) is 22.3 Å². The Kier molecular flexibility index (Phi) is 9.00. The highest BCUT2D eigenvalue weighted by Crippen LogP contribution is 2.44. The van der Waals surface area contributed by atoms with Crippen molar-refractivity contribution in [2.45, 2.75) is 30.9 Å². The summed E-state index contributed by atoms with van der Waals surface area (Å²) < 4.78 is 15.4. The number of nitrogens with one attached hydrogen (secondary N) is 2. The molecular formula is C25H30N2O7. The van der Waals surface area contributed by atoms with Crippen molar-refractivity contribution in [1.29, 1.82) is 0 Å². The molecule has 2 atom stereocenters. The van der Waals surface area contributed by atoms with E-state index < -0.39 is 30.1 Å². The second kappa shape index (κ2) is 12.2. The van der Waals surface area contributed by atoms with Gasteiger partial charge in [0.05, 0.1) is 6.54 Å². The normalized spacial score (nSPS) is 13.9. The van der Waals surface area contributed by atoms with Crippen LogP contribution in [0.25, 0.3) is 11.1 Å². The van der Waals surface area contributed by atoms with E-state index in [1.807, 2.05) is 36.4 Å². The molecule has 1 aliphatic carbocycles. The molecule has 2 unspecified atom stereocenters. The van der Waals surface area contributed by atoms with Crippen molar-refractivity contribution < 1.29 is 33.7 Å². The lowest BCUT2D eigenvalue weighted by Crippen LogP contribution is -2.49. The number of carboxylic acid groups (broad SMARTS) is 1. The van der Waals surface area contributed by atoms with Crippen LogP contribution in [0, 0.1) is 0 Å². The molecule has 2 aromatic rings. The Labute approximate surface area is 198 Å². The van der Waals surface area contributed by atoms with E-state index in [0.29, 0.717) is 19.4 Å². The molecule has 0 spiro atoms. The fourth-order valence-corrected chi connectivity index (χ4v) is 4.07. The largest absolute Gasteiger partial charge is 0.479 e. The van der Waals surface area contributed by atoms with Crippen molar-refractivity contribution in [2.24, 2.45) is 0 Å². The lowest BCUT2D eigenvalue weighted by atomic mass is 9.98. The number of hydrogen-bond acceptors (Lipinski definition) is 6. The number of methoxy groups -OCH3 is 2. The summed E-state index contributed by atoms with van der Waals surface area (Å²) in [7, 11) is 2.79. The van der Waals surface area contributed by atoms with Gasteiger partial charge in [0.1, 0.15) is 12.6 Å². The summed E-state index contributed by atoms with van der Waals surface area (Å²) in [5.74, 6) is -1.81. The molecule has 0 aromatic heterocycles. The first kappa shape index (κ1) is 25.2. The average molecular weight is 471 g/mol. The summed E-state index contributed by atoms with van der Waals surface area (Å²) in [5, 5.41) is 14.2. The number of rotatable bonds is 12. The van der Waals surface area contributed by atoms with Crippen LogP contribution < -0.4 is 10.6 Å². The number of fused-ring (bicyclic) bond motifs is 3. The van der Waals surface area contributed by atoms with Gasteiger partial charge in [-0.05, 0) is 35.1 Å². The average Bonchev–Trinajstić information content (AvgIpc) is 3.16. The Morgan fingerprint density at radius 2 is 1.62 bits per heavy atom. The van der Waals surface area contributed by atoms with Crippen LogP contribution in [0.1, 0.15) is 29.9 Å². The zero-order chi connectivity index (χ0) is 24.5. The van der Waals surface area contributed by atoms with Crippen molar-refractivity contribution >= 4 is 18.0 Å². The highest BCUT2D eigenvalue weighted by atomic mass is 16.5. The van der Waals surface area contributed by atoms with Crippen LogP contribution in [0.4, 0.5) is 4.79 Å². The third-order valence-electron chi connectivity index (χ3n) is 5.82. The topological polar surface area (TPSA) is 123 Å². The standard InChI is InChI=1S/C25H30N2O7/c1-32-13-7-12-21(23(28)26-14-22(33-2)24(29)30)27-25(31)34-15-20-18-10-5-3-8-16(18)17-9-4-6-11-19(17)20/h3-6,8-11,20-22H,7,12-15H2,1-2H3,(H,26,28)(H,27,31)(H,29,30). The molecule has 0 radical (unpaired) electrons. The van der Waals surface area contributed by atoms with Crippen molar-refractivity contribution in [3.63, 3.8) is 0 Å². The minimum atomic E-state index is -1.19. The van der Waals surface area contributed by atoms with E-state index in [1.54, 1.807) is 7.11 Å². The fourth-order valence-electron chi connectivity index (χ4n) is 4.07. The van der Waals surface area contributed by atoms with Crippen molar-refractivity contribution in [2.75, 3.05) is 34.0 Å². The van der Waals surface area contributed by atoms with Crippen LogP contribution in [0.15, 0.2) is 48.5 Å². The summed E-state index contributed by atoms with van der Waals surface area (Å²) >= 11 is 0. The number of amides is 2. The second-order valence-corrected chi connectivity index (χ2v) is 7.97. The van der Waals surface area contributed by atoms with Crippen molar-refractivity contribution in [1.82, 2.24) is 10.6 Å². The lowest BCUT2D eigenvalue weighted by Gasteiger charge is -2.20. The molecule has 0 heterocycles.